The van der Waals surface area contributed by atoms with Crippen LogP contribution in [0, 0.1) is 11.3 Å². The topological polar surface area (TPSA) is 47.8 Å². The zero-order valence-corrected chi connectivity index (χ0v) is 11.2. The fourth-order valence-electron chi connectivity index (χ4n) is 2.04. The van der Waals surface area contributed by atoms with Crippen LogP contribution in [0.5, 0.6) is 0 Å². The standard InChI is InChI=1S/C16H17N3/c1-18-15-6-3-12(4-7-15)9-13-5-8-16(19-2)14(10-13)11-17/h3-8,10,18-19H,9H2,1-2H3. The van der Waals surface area contributed by atoms with Gasteiger partial charge in [0.2, 0.25) is 0 Å². The summed E-state index contributed by atoms with van der Waals surface area (Å²) in [5.41, 5.74) is 5.04. The van der Waals surface area contributed by atoms with Crippen LogP contribution in [0.4, 0.5) is 11.4 Å². The number of anilines is 2. The van der Waals surface area contributed by atoms with Crippen LogP contribution in [0.25, 0.3) is 0 Å². The highest BCUT2D eigenvalue weighted by atomic mass is 14.8. The van der Waals surface area contributed by atoms with Crippen molar-refractivity contribution in [2.24, 2.45) is 0 Å². The Morgan fingerprint density at radius 2 is 1.63 bits per heavy atom. The number of nitrogens with zero attached hydrogens (tertiary/aromatic N) is 1. The van der Waals surface area contributed by atoms with E-state index in [-0.39, 0.29) is 0 Å². The van der Waals surface area contributed by atoms with E-state index in [1.54, 1.807) is 0 Å². The molecule has 3 nitrogen and oxygen atoms in total. The molecule has 2 rings (SSSR count). The van der Waals surface area contributed by atoms with Crippen molar-refractivity contribution >= 4 is 11.4 Å². The molecule has 0 fully saturated rings. The van der Waals surface area contributed by atoms with Crippen molar-refractivity contribution in [2.45, 2.75) is 6.42 Å². The van der Waals surface area contributed by atoms with E-state index in [9.17, 15) is 0 Å². The Hall–Kier alpha value is -2.47. The minimum atomic E-state index is 0.687. The van der Waals surface area contributed by atoms with Gasteiger partial charge in [-0.25, -0.2) is 0 Å². The SMILES string of the molecule is CNc1ccc(Cc2ccc(NC)c(C#N)c2)cc1. The van der Waals surface area contributed by atoms with Crippen LogP contribution in [0.1, 0.15) is 16.7 Å². The molecule has 0 atom stereocenters. The average Bonchev–Trinajstić information content (AvgIpc) is 2.48. The highest BCUT2D eigenvalue weighted by Gasteiger charge is 2.03. The first-order valence-electron chi connectivity index (χ1n) is 6.24. The summed E-state index contributed by atoms with van der Waals surface area (Å²) in [5, 5.41) is 15.2. The number of nitriles is 1. The summed E-state index contributed by atoms with van der Waals surface area (Å²) >= 11 is 0. The lowest BCUT2D eigenvalue weighted by atomic mass is 10.0. The Balaban J connectivity index is 2.21. The van der Waals surface area contributed by atoms with E-state index in [1.807, 2.05) is 26.2 Å². The van der Waals surface area contributed by atoms with Crippen molar-refractivity contribution in [3.8, 4) is 6.07 Å². The molecule has 0 heterocycles. The minimum absolute atomic E-state index is 0.687. The zero-order chi connectivity index (χ0) is 13.7. The lowest BCUT2D eigenvalue weighted by Gasteiger charge is -2.07. The second-order valence-electron chi connectivity index (χ2n) is 4.37. The summed E-state index contributed by atoms with van der Waals surface area (Å²) in [5.74, 6) is 0. The summed E-state index contributed by atoms with van der Waals surface area (Å²) in [7, 11) is 3.73. The van der Waals surface area contributed by atoms with Gasteiger partial charge in [0, 0.05) is 19.8 Å². The fraction of sp³-hybridized carbons (Fsp3) is 0.188. The quantitative estimate of drug-likeness (QED) is 0.877. The molecular formula is C16H17N3. The predicted molar refractivity (Wildman–Crippen MR) is 79.5 cm³/mol. The summed E-state index contributed by atoms with van der Waals surface area (Å²) in [6, 6.07) is 16.5. The van der Waals surface area contributed by atoms with Crippen molar-refractivity contribution in [3.63, 3.8) is 0 Å². The maximum atomic E-state index is 9.11. The van der Waals surface area contributed by atoms with Crippen LogP contribution in [0.3, 0.4) is 0 Å². The van der Waals surface area contributed by atoms with Crippen LogP contribution >= 0.6 is 0 Å². The predicted octanol–water partition coefficient (Wildman–Crippen LogP) is 3.23. The molecule has 19 heavy (non-hydrogen) atoms. The van der Waals surface area contributed by atoms with E-state index in [2.05, 4.69) is 47.0 Å². The van der Waals surface area contributed by atoms with Crippen molar-refractivity contribution in [1.82, 2.24) is 0 Å². The molecule has 2 aromatic rings. The van der Waals surface area contributed by atoms with Gasteiger partial charge in [-0.2, -0.15) is 5.26 Å². The Morgan fingerprint density at radius 3 is 2.21 bits per heavy atom. The summed E-state index contributed by atoms with van der Waals surface area (Å²) in [4.78, 5) is 0. The Kier molecular flexibility index (Phi) is 4.04. The molecular weight excluding hydrogens is 234 g/mol. The Bertz CT molecular complexity index is 594. The first kappa shape index (κ1) is 13.0. The largest absolute Gasteiger partial charge is 0.388 e. The van der Waals surface area contributed by atoms with Gasteiger partial charge in [0.25, 0.3) is 0 Å². The molecule has 0 bridgehead atoms. The van der Waals surface area contributed by atoms with Gasteiger partial charge >= 0.3 is 0 Å². The third-order valence-corrected chi connectivity index (χ3v) is 3.12. The van der Waals surface area contributed by atoms with Crippen LogP contribution < -0.4 is 10.6 Å². The zero-order valence-electron chi connectivity index (χ0n) is 11.2. The fourth-order valence-corrected chi connectivity index (χ4v) is 2.04. The van der Waals surface area contributed by atoms with E-state index >= 15 is 0 Å². The molecule has 0 amide bonds. The maximum absolute atomic E-state index is 9.11. The lowest BCUT2D eigenvalue weighted by Crippen LogP contribution is -1.95. The highest BCUT2D eigenvalue weighted by molar-refractivity contribution is 5.58. The van der Waals surface area contributed by atoms with Crippen LogP contribution in [-0.4, -0.2) is 14.1 Å². The first-order chi connectivity index (χ1) is 9.26. The number of benzene rings is 2. The normalized spacial score (nSPS) is 9.74. The number of rotatable bonds is 4. The van der Waals surface area contributed by atoms with Gasteiger partial charge in [-0.3, -0.25) is 0 Å². The highest BCUT2D eigenvalue weighted by Crippen LogP contribution is 2.19. The smallest absolute Gasteiger partial charge is 0.101 e. The van der Waals surface area contributed by atoms with Crippen molar-refractivity contribution < 1.29 is 0 Å². The van der Waals surface area contributed by atoms with Gasteiger partial charge in [0.1, 0.15) is 6.07 Å². The van der Waals surface area contributed by atoms with Crippen LogP contribution in [0.2, 0.25) is 0 Å². The molecule has 0 saturated carbocycles. The molecule has 0 aliphatic heterocycles. The number of hydrogen-bond donors (Lipinski definition) is 2. The summed E-state index contributed by atoms with van der Waals surface area (Å²) < 4.78 is 0. The molecule has 0 aliphatic carbocycles. The van der Waals surface area contributed by atoms with E-state index in [4.69, 9.17) is 5.26 Å². The molecule has 2 N–H and O–H groups in total. The third-order valence-electron chi connectivity index (χ3n) is 3.12. The number of hydrogen-bond acceptors (Lipinski definition) is 3. The summed E-state index contributed by atoms with van der Waals surface area (Å²) in [6.07, 6.45) is 0.836. The number of nitrogens with one attached hydrogen (secondary N) is 2. The van der Waals surface area contributed by atoms with Gasteiger partial charge in [0.05, 0.1) is 11.3 Å². The third kappa shape index (κ3) is 3.05. The van der Waals surface area contributed by atoms with Gasteiger partial charge in [-0.05, 0) is 41.8 Å². The van der Waals surface area contributed by atoms with Crippen molar-refractivity contribution in [2.75, 3.05) is 24.7 Å². The molecule has 0 unspecified atom stereocenters. The van der Waals surface area contributed by atoms with E-state index in [0.29, 0.717) is 5.56 Å². The monoisotopic (exact) mass is 251 g/mol. The van der Waals surface area contributed by atoms with Gasteiger partial charge in [-0.1, -0.05) is 18.2 Å². The van der Waals surface area contributed by atoms with Gasteiger partial charge in [0.15, 0.2) is 0 Å². The first-order valence-corrected chi connectivity index (χ1v) is 6.24. The molecule has 0 aromatic heterocycles. The molecule has 3 heteroatoms. The lowest BCUT2D eigenvalue weighted by molar-refractivity contribution is 1.19. The van der Waals surface area contributed by atoms with Crippen LogP contribution in [-0.2, 0) is 6.42 Å². The molecule has 0 spiro atoms. The minimum Gasteiger partial charge on any atom is -0.388 e. The van der Waals surface area contributed by atoms with E-state index in [0.717, 1.165) is 23.4 Å². The summed E-state index contributed by atoms with van der Waals surface area (Å²) in [6.45, 7) is 0. The Morgan fingerprint density at radius 1 is 0.947 bits per heavy atom. The van der Waals surface area contributed by atoms with Crippen molar-refractivity contribution in [1.29, 1.82) is 5.26 Å². The Labute approximate surface area is 113 Å². The van der Waals surface area contributed by atoms with Crippen LogP contribution in [0.15, 0.2) is 42.5 Å². The second kappa shape index (κ2) is 5.92. The molecule has 0 radical (unpaired) electrons. The van der Waals surface area contributed by atoms with Crippen molar-refractivity contribution in [3.05, 3.63) is 59.2 Å². The molecule has 0 aliphatic rings. The second-order valence-corrected chi connectivity index (χ2v) is 4.37. The van der Waals surface area contributed by atoms with Gasteiger partial charge in [-0.15, -0.1) is 0 Å². The maximum Gasteiger partial charge on any atom is 0.101 e. The average molecular weight is 251 g/mol. The van der Waals surface area contributed by atoms with E-state index < -0.39 is 0 Å². The van der Waals surface area contributed by atoms with Gasteiger partial charge < -0.3 is 10.6 Å². The van der Waals surface area contributed by atoms with E-state index in [1.165, 1.54) is 5.56 Å². The molecule has 96 valence electrons. The molecule has 0 saturated heterocycles. The molecule has 2 aromatic carbocycles.